The summed E-state index contributed by atoms with van der Waals surface area (Å²) in [5, 5.41) is 17.9. The van der Waals surface area contributed by atoms with E-state index >= 15 is 0 Å². The number of rotatable bonds is 15. The number of methoxy groups -OCH3 is 1. The molecule has 330 valence electrons. The van der Waals surface area contributed by atoms with Crippen molar-refractivity contribution < 1.29 is 23.7 Å². The Kier molecular flexibility index (Phi) is 12.9. The summed E-state index contributed by atoms with van der Waals surface area (Å²) in [5.74, 6) is 0.705. The minimum atomic E-state index is -2.93. The van der Waals surface area contributed by atoms with E-state index in [-0.39, 0.29) is 11.6 Å². The fourth-order valence-electron chi connectivity index (χ4n) is 10.1. The van der Waals surface area contributed by atoms with Crippen molar-refractivity contribution in [2.24, 2.45) is 0 Å². The van der Waals surface area contributed by atoms with Crippen LogP contribution in [-0.4, -0.2) is 71.0 Å². The van der Waals surface area contributed by atoms with Crippen molar-refractivity contribution in [3.05, 3.63) is 181 Å². The Bertz CT molecular complexity index is 2510. The normalized spacial score (nSPS) is 19.8. The summed E-state index contributed by atoms with van der Waals surface area (Å²) in [4.78, 5) is 14.0. The Morgan fingerprint density at radius 3 is 1.91 bits per heavy atom. The summed E-state index contributed by atoms with van der Waals surface area (Å²) in [5.41, 5.74) is 3.91. The number of ether oxygens (including phenoxy) is 3. The van der Waals surface area contributed by atoms with Gasteiger partial charge in [0, 0.05) is 13.2 Å². The average Bonchev–Trinajstić information content (AvgIpc) is 3.91. The molecule has 11 heteroatoms. The first-order valence-corrected chi connectivity index (χ1v) is 24.5. The van der Waals surface area contributed by atoms with Gasteiger partial charge in [0.2, 0.25) is 0 Å². The standard InChI is InChI=1S/C53H59N5O5Si/c1-52(2,3)64(42-29-16-8-17-30-42,43-31-18-9-19-32-43)62-34-38-22-20-21-33-44(38)53(39-23-10-5-11-24-39,40-25-12-6-13-26-40)61-35-45-47(59)48(60-4)51(63-45)58-37-56-46-49(54-36-55-50(46)58)57-41-27-14-7-15-28-41/h5-6,8-13,16-26,29-33,36-37,41,45,47-48,51,59H,7,14-15,27-28,34-35H2,1-4H3,(H,54,55,57)/t45-,47-,48-,51-/m1/s1. The van der Waals surface area contributed by atoms with Gasteiger partial charge in [0.05, 0.1) is 19.5 Å². The van der Waals surface area contributed by atoms with Crippen LogP contribution >= 0.6 is 0 Å². The van der Waals surface area contributed by atoms with Gasteiger partial charge < -0.3 is 29.1 Å². The molecule has 1 saturated heterocycles. The van der Waals surface area contributed by atoms with Crippen molar-refractivity contribution in [2.75, 3.05) is 19.0 Å². The van der Waals surface area contributed by atoms with Crippen molar-refractivity contribution >= 4 is 35.7 Å². The SMILES string of the molecule is CO[C@@H]1[C@H](O)[C@@H](COC(c2ccccc2)(c2ccccc2)c2ccccc2CO[Si](c2ccccc2)(c2ccccc2)C(C)(C)C)O[C@H]1n1cnc2c(NC3CCCCC3)ncnc21. The molecule has 1 aliphatic carbocycles. The van der Waals surface area contributed by atoms with Crippen LogP contribution in [0.3, 0.4) is 0 Å². The van der Waals surface area contributed by atoms with Gasteiger partial charge in [-0.05, 0) is 50.5 Å². The van der Waals surface area contributed by atoms with Crippen molar-refractivity contribution in [3.63, 3.8) is 0 Å². The number of aliphatic hydroxyl groups excluding tert-OH is 1. The highest BCUT2D eigenvalue weighted by molar-refractivity contribution is 6.99. The van der Waals surface area contributed by atoms with Crippen molar-refractivity contribution in [1.82, 2.24) is 19.5 Å². The van der Waals surface area contributed by atoms with Gasteiger partial charge in [0.1, 0.15) is 30.2 Å². The molecular formula is C53H59N5O5Si. The molecule has 1 saturated carbocycles. The second kappa shape index (κ2) is 18.9. The first-order chi connectivity index (χ1) is 31.2. The largest absolute Gasteiger partial charge is 0.403 e. The number of aromatic nitrogens is 4. The van der Waals surface area contributed by atoms with Crippen molar-refractivity contribution in [1.29, 1.82) is 0 Å². The van der Waals surface area contributed by atoms with Crippen LogP contribution in [0.2, 0.25) is 5.04 Å². The lowest BCUT2D eigenvalue weighted by Crippen LogP contribution is -2.66. The number of hydrogen-bond donors (Lipinski definition) is 2. The molecule has 3 heterocycles. The molecule has 2 aromatic heterocycles. The Morgan fingerprint density at radius 1 is 0.734 bits per heavy atom. The molecule has 0 amide bonds. The number of anilines is 1. The highest BCUT2D eigenvalue weighted by Gasteiger charge is 2.51. The molecule has 0 bridgehead atoms. The number of fused-ring (bicyclic) bond motifs is 1. The third-order valence-corrected chi connectivity index (χ3v) is 18.2. The molecule has 7 aromatic rings. The predicted octanol–water partition coefficient (Wildman–Crippen LogP) is 8.93. The zero-order valence-electron chi connectivity index (χ0n) is 37.2. The monoisotopic (exact) mass is 873 g/mol. The van der Waals surface area contributed by atoms with Gasteiger partial charge in [-0.2, -0.15) is 0 Å². The van der Waals surface area contributed by atoms with E-state index in [9.17, 15) is 5.11 Å². The van der Waals surface area contributed by atoms with Gasteiger partial charge in [0.25, 0.3) is 8.32 Å². The molecule has 10 nitrogen and oxygen atoms in total. The van der Waals surface area contributed by atoms with Crippen molar-refractivity contribution in [3.8, 4) is 0 Å². The second-order valence-corrected chi connectivity index (χ2v) is 22.4. The molecule has 2 N–H and O–H groups in total. The van der Waals surface area contributed by atoms with Gasteiger partial charge in [-0.3, -0.25) is 4.57 Å². The molecule has 4 atom stereocenters. The second-order valence-electron chi connectivity index (χ2n) is 18.1. The molecule has 0 radical (unpaired) electrons. The predicted molar refractivity (Wildman–Crippen MR) is 254 cm³/mol. The van der Waals surface area contributed by atoms with E-state index in [1.165, 1.54) is 29.6 Å². The Balaban J connectivity index is 1.09. The summed E-state index contributed by atoms with van der Waals surface area (Å²) in [6, 6.07) is 50.9. The number of imidazole rings is 1. The molecule has 2 fully saturated rings. The smallest absolute Gasteiger partial charge is 0.261 e. The number of hydrogen-bond acceptors (Lipinski definition) is 9. The van der Waals surface area contributed by atoms with Crippen LogP contribution in [0, 0.1) is 0 Å². The topological polar surface area (TPSA) is 113 Å². The Hall–Kier alpha value is -5.53. The van der Waals surface area contributed by atoms with Gasteiger partial charge in [-0.1, -0.05) is 186 Å². The molecule has 64 heavy (non-hydrogen) atoms. The minimum Gasteiger partial charge on any atom is -0.403 e. The summed E-state index contributed by atoms with van der Waals surface area (Å²) in [6.45, 7) is 7.26. The zero-order valence-corrected chi connectivity index (χ0v) is 38.2. The van der Waals surface area contributed by atoms with Crippen LogP contribution < -0.4 is 15.7 Å². The molecule has 5 aromatic carbocycles. The summed E-state index contributed by atoms with van der Waals surface area (Å²) < 4.78 is 29.7. The first-order valence-electron chi connectivity index (χ1n) is 22.6. The minimum absolute atomic E-state index is 0.0291. The van der Waals surface area contributed by atoms with Crippen LogP contribution in [0.25, 0.3) is 11.2 Å². The van der Waals surface area contributed by atoms with E-state index in [0.29, 0.717) is 29.6 Å². The molecule has 0 spiro atoms. The zero-order chi connectivity index (χ0) is 44.2. The lowest BCUT2D eigenvalue weighted by Gasteiger charge is -2.43. The maximum atomic E-state index is 12.1. The van der Waals surface area contributed by atoms with Crippen LogP contribution in [-0.2, 0) is 30.8 Å². The summed E-state index contributed by atoms with van der Waals surface area (Å²) in [7, 11) is -1.34. The quantitative estimate of drug-likeness (QED) is 0.0771. The first kappa shape index (κ1) is 43.7. The van der Waals surface area contributed by atoms with E-state index in [1.807, 2.05) is 41.0 Å². The number of aliphatic hydroxyl groups is 1. The average molecular weight is 874 g/mol. The molecule has 9 rings (SSSR count). The van der Waals surface area contributed by atoms with E-state index in [2.05, 4.69) is 145 Å². The van der Waals surface area contributed by atoms with Gasteiger partial charge in [-0.25, -0.2) is 15.0 Å². The highest BCUT2D eigenvalue weighted by atomic mass is 28.4. The van der Waals surface area contributed by atoms with Gasteiger partial charge in [-0.15, -0.1) is 0 Å². The third-order valence-electron chi connectivity index (χ3n) is 13.2. The molecule has 0 unspecified atom stereocenters. The lowest BCUT2D eigenvalue weighted by molar-refractivity contribution is -0.0951. The summed E-state index contributed by atoms with van der Waals surface area (Å²) in [6.07, 6.45) is 5.85. The summed E-state index contributed by atoms with van der Waals surface area (Å²) >= 11 is 0. The fraction of sp³-hybridized carbons (Fsp3) is 0.340. The lowest BCUT2D eigenvalue weighted by atomic mass is 9.78. The van der Waals surface area contributed by atoms with Crippen LogP contribution in [0.1, 0.15) is 81.4 Å². The molecule has 1 aliphatic heterocycles. The third kappa shape index (κ3) is 8.21. The van der Waals surface area contributed by atoms with Crippen LogP contribution in [0.5, 0.6) is 0 Å². The number of benzene rings is 5. The maximum absolute atomic E-state index is 12.1. The fourth-order valence-corrected chi connectivity index (χ4v) is 14.7. The Labute approximate surface area is 377 Å². The Morgan fingerprint density at radius 2 is 1.31 bits per heavy atom. The van der Waals surface area contributed by atoms with E-state index in [0.717, 1.165) is 35.1 Å². The molecular weight excluding hydrogens is 815 g/mol. The maximum Gasteiger partial charge on any atom is 0.261 e. The van der Waals surface area contributed by atoms with Crippen molar-refractivity contribution in [2.45, 2.75) is 101 Å². The van der Waals surface area contributed by atoms with E-state index in [1.54, 1.807) is 19.8 Å². The highest BCUT2D eigenvalue weighted by Crippen LogP contribution is 2.45. The number of nitrogens with zero attached hydrogens (tertiary/aromatic N) is 4. The number of nitrogens with one attached hydrogen (secondary N) is 1. The van der Waals surface area contributed by atoms with Gasteiger partial charge in [0.15, 0.2) is 23.2 Å². The molecule has 2 aliphatic rings. The van der Waals surface area contributed by atoms with E-state index in [4.69, 9.17) is 23.6 Å². The van der Waals surface area contributed by atoms with Crippen LogP contribution in [0.15, 0.2) is 158 Å². The van der Waals surface area contributed by atoms with E-state index < -0.39 is 38.5 Å². The van der Waals surface area contributed by atoms with Gasteiger partial charge >= 0.3 is 0 Å². The van der Waals surface area contributed by atoms with Crippen LogP contribution in [0.4, 0.5) is 5.82 Å².